The summed E-state index contributed by atoms with van der Waals surface area (Å²) in [5.74, 6) is 1.74. The van der Waals surface area contributed by atoms with Gasteiger partial charge >= 0.3 is 0 Å². The van der Waals surface area contributed by atoms with Crippen LogP contribution in [-0.2, 0) is 0 Å². The predicted molar refractivity (Wildman–Crippen MR) is 80.1 cm³/mol. The minimum absolute atomic E-state index is 0.0864. The molecule has 0 saturated carbocycles. The van der Waals surface area contributed by atoms with Gasteiger partial charge in [0.15, 0.2) is 0 Å². The fraction of sp³-hybridized carbons (Fsp3) is 0.312. The van der Waals surface area contributed by atoms with E-state index in [1.807, 2.05) is 38.1 Å². The van der Waals surface area contributed by atoms with Gasteiger partial charge in [-0.15, -0.1) is 0 Å². The zero-order valence-electron chi connectivity index (χ0n) is 12.3. The smallest absolute Gasteiger partial charge is 0.251 e. The molecule has 1 unspecified atom stereocenters. The quantitative estimate of drug-likeness (QED) is 0.896. The van der Waals surface area contributed by atoms with Gasteiger partial charge in [0.25, 0.3) is 5.91 Å². The minimum Gasteiger partial charge on any atom is -0.466 e. The van der Waals surface area contributed by atoms with Crippen molar-refractivity contribution in [2.45, 2.75) is 26.8 Å². The number of rotatable bonds is 4. The number of anilines is 1. The summed E-state index contributed by atoms with van der Waals surface area (Å²) in [6.07, 6.45) is 0. The third kappa shape index (κ3) is 3.02. The molecular formula is C16H20N2O2. The summed E-state index contributed by atoms with van der Waals surface area (Å²) in [6.45, 7) is 5.97. The maximum absolute atomic E-state index is 11.6. The van der Waals surface area contributed by atoms with Gasteiger partial charge in [-0.05, 0) is 45.0 Å². The maximum atomic E-state index is 11.6. The molecule has 2 N–H and O–H groups in total. The second kappa shape index (κ2) is 5.82. The number of aryl methyl sites for hydroxylation is 2. The fourth-order valence-corrected chi connectivity index (χ4v) is 2.30. The van der Waals surface area contributed by atoms with Crippen LogP contribution in [0.2, 0.25) is 0 Å². The molecule has 2 aromatic rings. The van der Waals surface area contributed by atoms with Crippen molar-refractivity contribution in [1.82, 2.24) is 5.32 Å². The molecule has 1 heterocycles. The number of benzene rings is 1. The Morgan fingerprint density at radius 2 is 2.00 bits per heavy atom. The summed E-state index contributed by atoms with van der Waals surface area (Å²) >= 11 is 0. The molecule has 0 fully saturated rings. The van der Waals surface area contributed by atoms with Gasteiger partial charge in [-0.25, -0.2) is 0 Å². The Kier molecular flexibility index (Phi) is 4.13. The summed E-state index contributed by atoms with van der Waals surface area (Å²) in [7, 11) is 1.63. The van der Waals surface area contributed by atoms with Crippen LogP contribution in [0.1, 0.15) is 40.4 Å². The fourth-order valence-electron chi connectivity index (χ4n) is 2.30. The highest BCUT2D eigenvalue weighted by Crippen LogP contribution is 2.25. The first-order valence-electron chi connectivity index (χ1n) is 6.67. The van der Waals surface area contributed by atoms with Crippen molar-refractivity contribution in [2.75, 3.05) is 12.4 Å². The Morgan fingerprint density at radius 3 is 2.60 bits per heavy atom. The highest BCUT2D eigenvalue weighted by molar-refractivity contribution is 5.94. The van der Waals surface area contributed by atoms with Crippen LogP contribution in [0.5, 0.6) is 0 Å². The average molecular weight is 272 g/mol. The van der Waals surface area contributed by atoms with Gasteiger partial charge in [0.2, 0.25) is 0 Å². The Hall–Kier alpha value is -2.23. The third-order valence-corrected chi connectivity index (χ3v) is 3.28. The van der Waals surface area contributed by atoms with Crippen LogP contribution in [0.3, 0.4) is 0 Å². The molecule has 0 aliphatic carbocycles. The Labute approximate surface area is 119 Å². The van der Waals surface area contributed by atoms with Gasteiger partial charge in [-0.3, -0.25) is 4.79 Å². The molecule has 4 heteroatoms. The molecule has 1 aromatic carbocycles. The number of hydrogen-bond donors (Lipinski definition) is 2. The zero-order chi connectivity index (χ0) is 14.7. The van der Waals surface area contributed by atoms with E-state index in [0.29, 0.717) is 5.56 Å². The number of furan rings is 1. The van der Waals surface area contributed by atoms with E-state index in [2.05, 4.69) is 17.6 Å². The highest BCUT2D eigenvalue weighted by Gasteiger charge is 2.13. The number of carbonyl (C=O) groups excluding carboxylic acids is 1. The second-order valence-electron chi connectivity index (χ2n) is 4.89. The molecule has 0 spiro atoms. The number of hydrogen-bond acceptors (Lipinski definition) is 3. The molecular weight excluding hydrogens is 252 g/mol. The van der Waals surface area contributed by atoms with Crippen LogP contribution < -0.4 is 10.6 Å². The summed E-state index contributed by atoms with van der Waals surface area (Å²) in [4.78, 5) is 11.6. The lowest BCUT2D eigenvalue weighted by molar-refractivity contribution is 0.0963. The van der Waals surface area contributed by atoms with E-state index in [1.54, 1.807) is 13.1 Å². The molecule has 0 aliphatic rings. The standard InChI is InChI=1S/C16H20N2O2/c1-10-8-15(12(3)20-10)11(2)18-14-7-5-6-13(9-14)16(19)17-4/h5-9,11,18H,1-4H3,(H,17,19). The normalized spacial score (nSPS) is 12.0. The number of nitrogens with one attached hydrogen (secondary N) is 2. The summed E-state index contributed by atoms with van der Waals surface area (Å²) in [5, 5.41) is 6.02. The van der Waals surface area contributed by atoms with E-state index in [4.69, 9.17) is 4.42 Å². The van der Waals surface area contributed by atoms with Crippen molar-refractivity contribution in [2.24, 2.45) is 0 Å². The van der Waals surface area contributed by atoms with Crippen molar-refractivity contribution >= 4 is 11.6 Å². The van der Waals surface area contributed by atoms with E-state index < -0.39 is 0 Å². The summed E-state index contributed by atoms with van der Waals surface area (Å²) in [5.41, 5.74) is 2.69. The van der Waals surface area contributed by atoms with Gasteiger partial charge in [0.1, 0.15) is 11.5 Å². The average Bonchev–Trinajstić information content (AvgIpc) is 2.77. The molecule has 1 aromatic heterocycles. The predicted octanol–water partition coefficient (Wildman–Crippen LogP) is 3.43. The highest BCUT2D eigenvalue weighted by atomic mass is 16.3. The van der Waals surface area contributed by atoms with Crippen molar-refractivity contribution < 1.29 is 9.21 Å². The Bertz CT molecular complexity index is 617. The lowest BCUT2D eigenvalue weighted by atomic mass is 10.1. The van der Waals surface area contributed by atoms with E-state index in [1.165, 1.54) is 0 Å². The molecule has 2 rings (SSSR count). The zero-order valence-corrected chi connectivity index (χ0v) is 12.3. The summed E-state index contributed by atoms with van der Waals surface area (Å²) in [6, 6.07) is 9.61. The minimum atomic E-state index is -0.0864. The molecule has 20 heavy (non-hydrogen) atoms. The molecule has 1 amide bonds. The Morgan fingerprint density at radius 1 is 1.25 bits per heavy atom. The number of amides is 1. The SMILES string of the molecule is CNC(=O)c1cccc(NC(C)c2cc(C)oc2C)c1. The molecule has 4 nitrogen and oxygen atoms in total. The molecule has 0 saturated heterocycles. The van der Waals surface area contributed by atoms with Crippen LogP contribution in [-0.4, -0.2) is 13.0 Å². The topological polar surface area (TPSA) is 54.3 Å². The van der Waals surface area contributed by atoms with E-state index in [-0.39, 0.29) is 11.9 Å². The first-order valence-corrected chi connectivity index (χ1v) is 6.67. The first kappa shape index (κ1) is 14.2. The third-order valence-electron chi connectivity index (χ3n) is 3.28. The largest absolute Gasteiger partial charge is 0.466 e. The van der Waals surface area contributed by atoms with Crippen LogP contribution in [0, 0.1) is 13.8 Å². The lowest BCUT2D eigenvalue weighted by Crippen LogP contribution is -2.18. The molecule has 1 atom stereocenters. The van der Waals surface area contributed by atoms with Crippen LogP contribution >= 0.6 is 0 Å². The van der Waals surface area contributed by atoms with Gasteiger partial charge in [0.05, 0.1) is 6.04 Å². The van der Waals surface area contributed by atoms with Crippen LogP contribution in [0.25, 0.3) is 0 Å². The van der Waals surface area contributed by atoms with Crippen LogP contribution in [0.4, 0.5) is 5.69 Å². The van der Waals surface area contributed by atoms with Gasteiger partial charge in [-0.1, -0.05) is 6.07 Å². The molecule has 0 aliphatic heterocycles. The van der Waals surface area contributed by atoms with Crippen molar-refractivity contribution in [1.29, 1.82) is 0 Å². The van der Waals surface area contributed by atoms with Crippen molar-refractivity contribution in [3.8, 4) is 0 Å². The monoisotopic (exact) mass is 272 g/mol. The molecule has 0 radical (unpaired) electrons. The van der Waals surface area contributed by atoms with Gasteiger partial charge in [-0.2, -0.15) is 0 Å². The second-order valence-corrected chi connectivity index (χ2v) is 4.89. The van der Waals surface area contributed by atoms with Gasteiger partial charge in [0, 0.05) is 23.9 Å². The van der Waals surface area contributed by atoms with E-state index in [0.717, 1.165) is 22.8 Å². The maximum Gasteiger partial charge on any atom is 0.251 e. The first-order chi connectivity index (χ1) is 9.51. The van der Waals surface area contributed by atoms with E-state index in [9.17, 15) is 4.79 Å². The van der Waals surface area contributed by atoms with E-state index >= 15 is 0 Å². The number of carbonyl (C=O) groups is 1. The van der Waals surface area contributed by atoms with Crippen LogP contribution in [0.15, 0.2) is 34.7 Å². The van der Waals surface area contributed by atoms with Crippen molar-refractivity contribution in [3.05, 3.63) is 53.0 Å². The van der Waals surface area contributed by atoms with Crippen molar-refractivity contribution in [3.63, 3.8) is 0 Å². The molecule has 106 valence electrons. The summed E-state index contributed by atoms with van der Waals surface area (Å²) < 4.78 is 5.55. The Balaban J connectivity index is 2.17. The lowest BCUT2D eigenvalue weighted by Gasteiger charge is -2.15. The molecule has 0 bridgehead atoms. The van der Waals surface area contributed by atoms with Gasteiger partial charge < -0.3 is 15.1 Å².